The Morgan fingerprint density at radius 2 is 1.72 bits per heavy atom. The van der Waals surface area contributed by atoms with Crippen molar-refractivity contribution in [1.82, 2.24) is 5.32 Å². The highest BCUT2D eigenvalue weighted by Crippen LogP contribution is 2.34. The fourth-order valence-electron chi connectivity index (χ4n) is 3.54. The van der Waals surface area contributed by atoms with E-state index in [4.69, 9.17) is 9.47 Å². The van der Waals surface area contributed by atoms with Gasteiger partial charge in [0.25, 0.3) is 5.91 Å². The first-order valence-corrected chi connectivity index (χ1v) is 9.89. The second-order valence-electron chi connectivity index (χ2n) is 7.27. The van der Waals surface area contributed by atoms with Gasteiger partial charge in [-0.2, -0.15) is 0 Å². The van der Waals surface area contributed by atoms with E-state index in [0.717, 1.165) is 18.4 Å². The molecule has 0 unspecified atom stereocenters. The number of ketones is 1. The van der Waals surface area contributed by atoms with Crippen molar-refractivity contribution in [2.75, 3.05) is 26.4 Å². The van der Waals surface area contributed by atoms with Crippen molar-refractivity contribution in [2.24, 2.45) is 0 Å². The molecule has 2 aromatic carbocycles. The smallest absolute Gasteiger partial charge is 0.257 e. The Labute approximate surface area is 170 Å². The lowest BCUT2D eigenvalue weighted by Crippen LogP contribution is -2.45. The van der Waals surface area contributed by atoms with Gasteiger partial charge in [0.2, 0.25) is 0 Å². The van der Waals surface area contributed by atoms with Gasteiger partial charge in [-0.1, -0.05) is 19.1 Å². The minimum Gasteiger partial charge on any atom is -0.484 e. The van der Waals surface area contributed by atoms with Crippen LogP contribution in [-0.2, 0) is 14.9 Å². The van der Waals surface area contributed by atoms with Gasteiger partial charge in [-0.15, -0.1) is 0 Å². The molecule has 154 valence electrons. The van der Waals surface area contributed by atoms with Gasteiger partial charge in [0.05, 0.1) is 0 Å². The first-order chi connectivity index (χ1) is 14.0. The predicted octanol–water partition coefficient (Wildman–Crippen LogP) is 3.66. The van der Waals surface area contributed by atoms with Gasteiger partial charge in [0, 0.05) is 37.2 Å². The second kappa shape index (κ2) is 9.65. The van der Waals surface area contributed by atoms with E-state index in [-0.39, 0.29) is 29.5 Å². The Balaban J connectivity index is 1.56. The van der Waals surface area contributed by atoms with E-state index in [2.05, 4.69) is 5.32 Å². The average Bonchev–Trinajstić information content (AvgIpc) is 2.77. The number of benzene rings is 2. The molecule has 29 heavy (non-hydrogen) atoms. The van der Waals surface area contributed by atoms with Gasteiger partial charge < -0.3 is 14.8 Å². The fourth-order valence-corrected chi connectivity index (χ4v) is 3.54. The Kier molecular flexibility index (Phi) is 6.99. The molecule has 1 fully saturated rings. The molecule has 0 radical (unpaired) electrons. The van der Waals surface area contributed by atoms with Crippen molar-refractivity contribution in [3.63, 3.8) is 0 Å². The SMILES string of the molecule is CCC(=O)c1ccc(OCC(=O)NCC2(c3ccc(F)cc3)CCOCC2)cc1. The van der Waals surface area contributed by atoms with Crippen LogP contribution >= 0.6 is 0 Å². The molecule has 1 saturated heterocycles. The summed E-state index contributed by atoms with van der Waals surface area (Å²) in [5.74, 6) is 0.0932. The fraction of sp³-hybridized carbons (Fsp3) is 0.391. The number of hydrogen-bond donors (Lipinski definition) is 1. The summed E-state index contributed by atoms with van der Waals surface area (Å²) in [6.45, 7) is 3.35. The Hall–Kier alpha value is -2.73. The lowest BCUT2D eigenvalue weighted by atomic mass is 9.74. The Morgan fingerprint density at radius 1 is 1.07 bits per heavy atom. The topological polar surface area (TPSA) is 64.6 Å². The molecule has 1 heterocycles. The number of hydrogen-bond acceptors (Lipinski definition) is 4. The van der Waals surface area contributed by atoms with E-state index >= 15 is 0 Å². The first kappa shape index (κ1) is 21.0. The normalized spacial score (nSPS) is 15.5. The predicted molar refractivity (Wildman–Crippen MR) is 108 cm³/mol. The van der Waals surface area contributed by atoms with Crippen LogP contribution in [0.25, 0.3) is 0 Å². The average molecular weight is 399 g/mol. The van der Waals surface area contributed by atoms with Gasteiger partial charge >= 0.3 is 0 Å². The number of halogens is 1. The van der Waals surface area contributed by atoms with Crippen molar-refractivity contribution >= 4 is 11.7 Å². The minimum atomic E-state index is -0.278. The Morgan fingerprint density at radius 3 is 2.34 bits per heavy atom. The van der Waals surface area contributed by atoms with Crippen LogP contribution in [0.15, 0.2) is 48.5 Å². The van der Waals surface area contributed by atoms with Crippen molar-refractivity contribution in [3.8, 4) is 5.75 Å². The van der Waals surface area contributed by atoms with Crippen LogP contribution in [0.4, 0.5) is 4.39 Å². The maximum Gasteiger partial charge on any atom is 0.257 e. The molecule has 1 aliphatic heterocycles. The number of amides is 1. The summed E-state index contributed by atoms with van der Waals surface area (Å²) >= 11 is 0. The van der Waals surface area contributed by atoms with Crippen molar-refractivity contribution in [1.29, 1.82) is 0 Å². The van der Waals surface area contributed by atoms with Gasteiger partial charge in [-0.3, -0.25) is 9.59 Å². The molecule has 1 amide bonds. The second-order valence-corrected chi connectivity index (χ2v) is 7.27. The zero-order valence-electron chi connectivity index (χ0n) is 16.6. The molecule has 1 N–H and O–H groups in total. The van der Waals surface area contributed by atoms with Crippen molar-refractivity contribution in [3.05, 3.63) is 65.5 Å². The summed E-state index contributed by atoms with van der Waals surface area (Å²) in [7, 11) is 0. The van der Waals surface area contributed by atoms with Gasteiger partial charge in [0.1, 0.15) is 11.6 Å². The molecule has 2 aromatic rings. The summed E-state index contributed by atoms with van der Waals surface area (Å²) in [4.78, 5) is 24.0. The molecular weight excluding hydrogens is 373 g/mol. The summed E-state index contributed by atoms with van der Waals surface area (Å²) < 4.78 is 24.3. The van der Waals surface area contributed by atoms with Crippen LogP contribution in [0.1, 0.15) is 42.1 Å². The standard InChI is InChI=1S/C23H26FNO4/c1-2-21(26)17-3-9-20(10-4-17)29-15-22(27)25-16-23(11-13-28-14-12-23)18-5-7-19(24)8-6-18/h3-10H,2,11-16H2,1H3,(H,25,27). The number of Topliss-reactive ketones (excluding diaryl/α,β-unsaturated/α-hetero) is 1. The first-order valence-electron chi connectivity index (χ1n) is 9.89. The number of carbonyl (C=O) groups excluding carboxylic acids is 2. The van der Waals surface area contributed by atoms with Crippen LogP contribution in [0, 0.1) is 5.82 Å². The van der Waals surface area contributed by atoms with Crippen LogP contribution in [0.5, 0.6) is 5.75 Å². The zero-order valence-corrected chi connectivity index (χ0v) is 16.6. The van der Waals surface area contributed by atoms with Gasteiger partial charge in [-0.05, 0) is 54.8 Å². The number of carbonyl (C=O) groups is 2. The maximum absolute atomic E-state index is 13.3. The third-order valence-electron chi connectivity index (χ3n) is 5.40. The molecule has 0 aromatic heterocycles. The molecule has 0 atom stereocenters. The number of ether oxygens (including phenoxy) is 2. The van der Waals surface area contributed by atoms with E-state index in [1.165, 1.54) is 12.1 Å². The molecule has 5 nitrogen and oxygen atoms in total. The van der Waals surface area contributed by atoms with Crippen LogP contribution in [-0.4, -0.2) is 38.1 Å². The number of nitrogens with one attached hydrogen (secondary N) is 1. The van der Waals surface area contributed by atoms with Crippen molar-refractivity contribution in [2.45, 2.75) is 31.6 Å². The maximum atomic E-state index is 13.3. The van der Waals surface area contributed by atoms with E-state index in [0.29, 0.717) is 37.5 Å². The lowest BCUT2D eigenvalue weighted by molar-refractivity contribution is -0.123. The molecule has 6 heteroatoms. The highest BCUT2D eigenvalue weighted by Gasteiger charge is 2.34. The molecule has 0 saturated carbocycles. The van der Waals surface area contributed by atoms with Crippen LogP contribution in [0.3, 0.4) is 0 Å². The summed E-state index contributed by atoms with van der Waals surface area (Å²) in [6.07, 6.45) is 1.96. The van der Waals surface area contributed by atoms with E-state index < -0.39 is 0 Å². The molecular formula is C23H26FNO4. The van der Waals surface area contributed by atoms with E-state index in [9.17, 15) is 14.0 Å². The zero-order chi connectivity index (χ0) is 20.7. The van der Waals surface area contributed by atoms with Crippen molar-refractivity contribution < 1.29 is 23.5 Å². The largest absolute Gasteiger partial charge is 0.484 e. The minimum absolute atomic E-state index is 0.0665. The third kappa shape index (κ3) is 5.41. The van der Waals surface area contributed by atoms with Crippen LogP contribution in [0.2, 0.25) is 0 Å². The molecule has 0 aliphatic carbocycles. The molecule has 0 bridgehead atoms. The lowest BCUT2D eigenvalue weighted by Gasteiger charge is -2.38. The monoisotopic (exact) mass is 399 g/mol. The molecule has 1 aliphatic rings. The quantitative estimate of drug-likeness (QED) is 0.688. The highest BCUT2D eigenvalue weighted by atomic mass is 19.1. The highest BCUT2D eigenvalue weighted by molar-refractivity contribution is 5.95. The van der Waals surface area contributed by atoms with Gasteiger partial charge in [0.15, 0.2) is 12.4 Å². The third-order valence-corrected chi connectivity index (χ3v) is 5.40. The Bertz CT molecular complexity index is 827. The van der Waals surface area contributed by atoms with Crippen LogP contribution < -0.4 is 10.1 Å². The van der Waals surface area contributed by atoms with Gasteiger partial charge in [-0.25, -0.2) is 4.39 Å². The summed E-state index contributed by atoms with van der Waals surface area (Å²) in [5.41, 5.74) is 1.36. The molecule has 3 rings (SSSR count). The summed E-state index contributed by atoms with van der Waals surface area (Å²) in [5, 5.41) is 2.95. The summed E-state index contributed by atoms with van der Waals surface area (Å²) in [6, 6.07) is 13.2. The van der Waals surface area contributed by atoms with E-state index in [1.54, 1.807) is 36.4 Å². The van der Waals surface area contributed by atoms with E-state index in [1.807, 2.05) is 6.92 Å². The number of rotatable bonds is 8. The molecule has 0 spiro atoms.